The van der Waals surface area contributed by atoms with Gasteiger partial charge in [0.05, 0.1) is 16.6 Å². The molecule has 158 valence electrons. The highest BCUT2D eigenvalue weighted by Crippen LogP contribution is 2.47. The molecule has 0 aliphatic carbocycles. The van der Waals surface area contributed by atoms with E-state index in [4.69, 9.17) is 0 Å². The van der Waals surface area contributed by atoms with E-state index in [1.54, 1.807) is 16.4 Å². The molecular weight excluding hydrogens is 414 g/mol. The van der Waals surface area contributed by atoms with Crippen LogP contribution in [0.5, 0.6) is 0 Å². The zero-order valence-corrected chi connectivity index (χ0v) is 18.5. The fourth-order valence-electron chi connectivity index (χ4n) is 4.36. The third kappa shape index (κ3) is 3.43. The lowest BCUT2D eigenvalue weighted by molar-refractivity contribution is 0.586. The van der Waals surface area contributed by atoms with Crippen molar-refractivity contribution in [1.29, 1.82) is 0 Å². The molecular formula is C28H23NO2S. The van der Waals surface area contributed by atoms with Crippen molar-refractivity contribution in [2.75, 3.05) is 4.31 Å². The van der Waals surface area contributed by atoms with E-state index in [-0.39, 0.29) is 0 Å². The quantitative estimate of drug-likeness (QED) is 0.366. The first-order chi connectivity index (χ1) is 15.6. The van der Waals surface area contributed by atoms with Crippen LogP contribution in [0.2, 0.25) is 0 Å². The lowest BCUT2D eigenvalue weighted by Crippen LogP contribution is -2.38. The van der Waals surface area contributed by atoms with Gasteiger partial charge in [-0.2, -0.15) is 0 Å². The molecule has 3 nitrogen and oxygen atoms in total. The largest absolute Gasteiger partial charge is 0.265 e. The van der Waals surface area contributed by atoms with Crippen LogP contribution < -0.4 is 4.31 Å². The average molecular weight is 438 g/mol. The lowest BCUT2D eigenvalue weighted by atomic mass is 9.88. The number of nitrogens with zero attached hydrogens (tertiary/aromatic N) is 1. The van der Waals surface area contributed by atoms with E-state index < -0.39 is 16.1 Å². The Labute approximate surface area is 189 Å². The monoisotopic (exact) mass is 437 g/mol. The molecule has 1 aliphatic rings. The summed E-state index contributed by atoms with van der Waals surface area (Å²) in [5.74, 6) is 0. The first kappa shape index (κ1) is 20.3. The van der Waals surface area contributed by atoms with E-state index >= 15 is 0 Å². The van der Waals surface area contributed by atoms with E-state index in [1.165, 1.54) is 0 Å². The summed E-state index contributed by atoms with van der Waals surface area (Å²) in [6.45, 7) is 1.84. The van der Waals surface area contributed by atoms with Crippen molar-refractivity contribution in [1.82, 2.24) is 0 Å². The maximum absolute atomic E-state index is 14.2. The predicted octanol–water partition coefficient (Wildman–Crippen LogP) is 6.49. The van der Waals surface area contributed by atoms with Crippen molar-refractivity contribution in [2.24, 2.45) is 0 Å². The Hall–Kier alpha value is -3.63. The van der Waals surface area contributed by atoms with Crippen molar-refractivity contribution in [2.45, 2.75) is 17.9 Å². The van der Waals surface area contributed by atoms with Gasteiger partial charge in [-0.1, -0.05) is 97.1 Å². The molecule has 0 fully saturated rings. The normalized spacial score (nSPS) is 15.7. The molecule has 0 saturated carbocycles. The van der Waals surface area contributed by atoms with Crippen LogP contribution in [0, 0.1) is 6.92 Å². The minimum atomic E-state index is -3.85. The number of hydrogen-bond acceptors (Lipinski definition) is 2. The second-order valence-corrected chi connectivity index (χ2v) is 9.69. The molecule has 1 atom stereocenters. The molecule has 1 unspecified atom stereocenters. The number of aryl methyl sites for hydroxylation is 1. The summed E-state index contributed by atoms with van der Waals surface area (Å²) in [5.41, 5.74) is 5.18. The van der Waals surface area contributed by atoms with Gasteiger partial charge in [0.15, 0.2) is 0 Å². The fraction of sp³-hybridized carbons (Fsp3) is 0.0714. The second-order valence-electron chi connectivity index (χ2n) is 7.90. The zero-order chi connectivity index (χ0) is 22.1. The Morgan fingerprint density at radius 3 is 2.00 bits per heavy atom. The van der Waals surface area contributed by atoms with Crippen molar-refractivity contribution in [3.8, 4) is 0 Å². The number of sulfonamides is 1. The molecule has 0 N–H and O–H groups in total. The van der Waals surface area contributed by atoms with Crippen molar-refractivity contribution in [3.05, 3.63) is 131 Å². The first-order valence-electron chi connectivity index (χ1n) is 10.6. The molecule has 0 amide bonds. The molecule has 4 aromatic carbocycles. The van der Waals surface area contributed by atoms with Crippen LogP contribution in [-0.2, 0) is 10.0 Å². The number of anilines is 1. The molecule has 0 bridgehead atoms. The third-order valence-electron chi connectivity index (χ3n) is 5.87. The number of rotatable bonds is 4. The number of benzene rings is 4. The van der Waals surface area contributed by atoms with Crippen LogP contribution in [-0.4, -0.2) is 8.42 Å². The van der Waals surface area contributed by atoms with Crippen LogP contribution in [0.3, 0.4) is 0 Å². The summed E-state index contributed by atoms with van der Waals surface area (Å²) in [6, 6.07) is 34.2. The fourth-order valence-corrected chi connectivity index (χ4v) is 6.24. The number of para-hydroxylation sites is 1. The Kier molecular flexibility index (Phi) is 5.16. The molecule has 1 aliphatic heterocycles. The smallest absolute Gasteiger partial charge is 0.254 e. The van der Waals surface area contributed by atoms with Gasteiger partial charge in [0.25, 0.3) is 10.0 Å². The predicted molar refractivity (Wildman–Crippen MR) is 131 cm³/mol. The van der Waals surface area contributed by atoms with Gasteiger partial charge in [0.1, 0.15) is 0 Å². The maximum Gasteiger partial charge on any atom is 0.265 e. The minimum absolute atomic E-state index is 0.324. The van der Waals surface area contributed by atoms with Gasteiger partial charge in [-0.05, 0) is 53.0 Å². The highest BCUT2D eigenvalue weighted by Gasteiger charge is 2.39. The van der Waals surface area contributed by atoms with E-state index in [9.17, 15) is 8.42 Å². The Morgan fingerprint density at radius 2 is 1.28 bits per heavy atom. The molecule has 0 spiro atoms. The van der Waals surface area contributed by atoms with Crippen molar-refractivity contribution >= 4 is 27.4 Å². The number of fused-ring (bicyclic) bond motifs is 1. The van der Waals surface area contributed by atoms with E-state index in [1.807, 2.05) is 104 Å². The van der Waals surface area contributed by atoms with E-state index in [2.05, 4.69) is 6.08 Å². The van der Waals surface area contributed by atoms with Gasteiger partial charge in [0, 0.05) is 0 Å². The molecule has 32 heavy (non-hydrogen) atoms. The summed E-state index contributed by atoms with van der Waals surface area (Å²) in [5, 5.41) is 0. The lowest BCUT2D eigenvalue weighted by Gasteiger charge is -2.39. The molecule has 4 aromatic rings. The van der Waals surface area contributed by atoms with Crippen LogP contribution in [0.15, 0.2) is 114 Å². The Balaban J connectivity index is 1.83. The molecule has 1 heterocycles. The Morgan fingerprint density at radius 1 is 0.688 bits per heavy atom. The van der Waals surface area contributed by atoms with Crippen LogP contribution in [0.4, 0.5) is 5.69 Å². The molecule has 0 radical (unpaired) electrons. The van der Waals surface area contributed by atoms with E-state index in [0.717, 1.165) is 27.8 Å². The highest BCUT2D eigenvalue weighted by molar-refractivity contribution is 7.93. The highest BCUT2D eigenvalue weighted by atomic mass is 32.2. The van der Waals surface area contributed by atoms with Crippen molar-refractivity contribution < 1.29 is 8.42 Å². The van der Waals surface area contributed by atoms with Crippen molar-refractivity contribution in [3.63, 3.8) is 0 Å². The second kappa shape index (κ2) is 8.13. The van der Waals surface area contributed by atoms with Gasteiger partial charge in [-0.25, -0.2) is 8.42 Å². The zero-order valence-electron chi connectivity index (χ0n) is 17.7. The SMILES string of the molecule is Cc1ccccc1S(=O)(=O)N1c2ccccc2C=C(c2ccccc2)C1c1ccccc1. The summed E-state index contributed by atoms with van der Waals surface area (Å²) >= 11 is 0. The van der Waals surface area contributed by atoms with E-state index in [0.29, 0.717) is 10.6 Å². The average Bonchev–Trinajstić information content (AvgIpc) is 2.84. The Bertz CT molecular complexity index is 1390. The van der Waals surface area contributed by atoms with Gasteiger partial charge in [-0.3, -0.25) is 4.31 Å². The summed E-state index contributed by atoms with van der Waals surface area (Å²) < 4.78 is 30.1. The van der Waals surface area contributed by atoms with Gasteiger partial charge < -0.3 is 0 Å². The summed E-state index contributed by atoms with van der Waals surface area (Å²) in [4.78, 5) is 0.324. The van der Waals surface area contributed by atoms with Crippen LogP contribution in [0.25, 0.3) is 11.6 Å². The van der Waals surface area contributed by atoms with Gasteiger partial charge in [0.2, 0.25) is 0 Å². The molecule has 0 aromatic heterocycles. The molecule has 0 saturated heterocycles. The maximum atomic E-state index is 14.2. The number of hydrogen-bond donors (Lipinski definition) is 0. The molecule has 4 heteroatoms. The summed E-state index contributed by atoms with van der Waals surface area (Å²) in [7, 11) is -3.85. The third-order valence-corrected chi connectivity index (χ3v) is 7.81. The molecule has 5 rings (SSSR count). The van der Waals surface area contributed by atoms with Gasteiger partial charge in [-0.15, -0.1) is 0 Å². The first-order valence-corrected chi connectivity index (χ1v) is 12.0. The summed E-state index contributed by atoms with van der Waals surface area (Å²) in [6.07, 6.45) is 2.12. The topological polar surface area (TPSA) is 37.4 Å². The van der Waals surface area contributed by atoms with Crippen LogP contribution in [0.1, 0.15) is 28.3 Å². The van der Waals surface area contributed by atoms with Crippen LogP contribution >= 0.6 is 0 Å². The van der Waals surface area contributed by atoms with Gasteiger partial charge >= 0.3 is 0 Å². The minimum Gasteiger partial charge on any atom is -0.254 e. The standard InChI is InChI=1S/C28H23NO2S/c1-21-12-8-11-19-27(21)32(30,31)29-26-18-10-9-17-24(26)20-25(22-13-4-2-5-14-22)28(29)23-15-6-3-7-16-23/h2-20,28H,1H3.